The Kier molecular flexibility index (Phi) is 12.0. The van der Waals surface area contributed by atoms with Crippen LogP contribution >= 0.6 is 35.3 Å². The van der Waals surface area contributed by atoms with Gasteiger partial charge in [0.1, 0.15) is 0 Å². The Hall–Kier alpha value is -0.370. The third kappa shape index (κ3) is 9.29. The van der Waals surface area contributed by atoms with E-state index in [1.54, 1.807) is 11.3 Å². The van der Waals surface area contributed by atoms with Crippen LogP contribution in [0.4, 0.5) is 0 Å². The third-order valence-electron chi connectivity index (χ3n) is 3.23. The van der Waals surface area contributed by atoms with E-state index >= 15 is 0 Å². The molecule has 0 radical (unpaired) electrons. The van der Waals surface area contributed by atoms with Crippen LogP contribution in [0.1, 0.15) is 61.0 Å². The van der Waals surface area contributed by atoms with Gasteiger partial charge in [-0.15, -0.1) is 35.3 Å². The SMILES string of the molecule is CCCCCCCCNC(N)=NCc1sc(C)nc1C.I. The lowest BCUT2D eigenvalue weighted by Crippen LogP contribution is -2.32. The molecule has 0 fully saturated rings. The second kappa shape index (κ2) is 12.2. The molecule has 6 heteroatoms. The molecular weight excluding hydrogens is 395 g/mol. The van der Waals surface area contributed by atoms with Crippen LogP contribution in [0, 0.1) is 13.8 Å². The molecule has 3 N–H and O–H groups in total. The fourth-order valence-corrected chi connectivity index (χ4v) is 2.92. The zero-order chi connectivity index (χ0) is 14.8. The first kappa shape index (κ1) is 20.6. The second-order valence-corrected chi connectivity index (χ2v) is 6.43. The van der Waals surface area contributed by atoms with E-state index in [9.17, 15) is 0 Å². The summed E-state index contributed by atoms with van der Waals surface area (Å²) >= 11 is 1.69. The van der Waals surface area contributed by atoms with Gasteiger partial charge in [-0.3, -0.25) is 0 Å². The van der Waals surface area contributed by atoms with Gasteiger partial charge in [-0.05, 0) is 20.3 Å². The van der Waals surface area contributed by atoms with Crippen LogP contribution in [0.15, 0.2) is 4.99 Å². The van der Waals surface area contributed by atoms with Crippen LogP contribution in [0.2, 0.25) is 0 Å². The van der Waals surface area contributed by atoms with Crippen molar-refractivity contribution in [2.24, 2.45) is 10.7 Å². The first-order valence-corrected chi connectivity index (χ1v) is 8.41. The molecule has 0 aliphatic carbocycles. The van der Waals surface area contributed by atoms with Crippen molar-refractivity contribution >= 4 is 41.3 Å². The molecule has 4 nitrogen and oxygen atoms in total. The van der Waals surface area contributed by atoms with Crippen molar-refractivity contribution in [3.05, 3.63) is 15.6 Å². The summed E-state index contributed by atoms with van der Waals surface area (Å²) in [6.45, 7) is 7.83. The van der Waals surface area contributed by atoms with E-state index in [1.165, 1.54) is 43.4 Å². The Bertz CT molecular complexity index is 418. The van der Waals surface area contributed by atoms with Crippen molar-refractivity contribution in [2.45, 2.75) is 65.8 Å². The average molecular weight is 424 g/mol. The number of unbranched alkanes of at least 4 members (excludes halogenated alkanes) is 5. The minimum absolute atomic E-state index is 0. The minimum atomic E-state index is 0. The van der Waals surface area contributed by atoms with Gasteiger partial charge in [-0.25, -0.2) is 9.98 Å². The molecular formula is C15H29IN4S. The van der Waals surface area contributed by atoms with E-state index in [0.29, 0.717) is 12.5 Å². The van der Waals surface area contributed by atoms with Gasteiger partial charge in [-0.2, -0.15) is 0 Å². The van der Waals surface area contributed by atoms with Gasteiger partial charge < -0.3 is 11.1 Å². The summed E-state index contributed by atoms with van der Waals surface area (Å²) in [7, 11) is 0. The van der Waals surface area contributed by atoms with Gasteiger partial charge >= 0.3 is 0 Å². The largest absolute Gasteiger partial charge is 0.370 e. The van der Waals surface area contributed by atoms with E-state index in [1.807, 2.05) is 13.8 Å². The van der Waals surface area contributed by atoms with Crippen LogP contribution in [0.3, 0.4) is 0 Å². The number of nitrogens with two attached hydrogens (primary N) is 1. The van der Waals surface area contributed by atoms with Crippen molar-refractivity contribution in [1.29, 1.82) is 0 Å². The monoisotopic (exact) mass is 424 g/mol. The first-order valence-electron chi connectivity index (χ1n) is 7.60. The molecule has 0 aliphatic rings. The molecule has 0 aliphatic heterocycles. The van der Waals surface area contributed by atoms with Crippen LogP contribution in [0.25, 0.3) is 0 Å². The van der Waals surface area contributed by atoms with Gasteiger partial charge in [0.25, 0.3) is 0 Å². The van der Waals surface area contributed by atoms with E-state index in [2.05, 4.69) is 22.2 Å². The Morgan fingerprint density at radius 3 is 2.48 bits per heavy atom. The summed E-state index contributed by atoms with van der Waals surface area (Å²) in [6.07, 6.45) is 7.76. The molecule has 0 aromatic carbocycles. The predicted octanol–water partition coefficient (Wildman–Crippen LogP) is 4.14. The predicted molar refractivity (Wildman–Crippen MR) is 104 cm³/mol. The van der Waals surface area contributed by atoms with Gasteiger partial charge in [0.2, 0.25) is 0 Å². The van der Waals surface area contributed by atoms with E-state index in [0.717, 1.165) is 17.2 Å². The number of guanidine groups is 1. The molecule has 0 saturated heterocycles. The van der Waals surface area contributed by atoms with Crippen molar-refractivity contribution in [2.75, 3.05) is 6.54 Å². The summed E-state index contributed by atoms with van der Waals surface area (Å²) < 4.78 is 0. The molecule has 1 rings (SSSR count). The molecule has 0 atom stereocenters. The number of aliphatic imine (C=N–C) groups is 1. The topological polar surface area (TPSA) is 63.3 Å². The van der Waals surface area contributed by atoms with Gasteiger partial charge in [0.05, 0.1) is 17.2 Å². The number of rotatable bonds is 9. The number of aryl methyl sites for hydroxylation is 2. The number of hydrogen-bond donors (Lipinski definition) is 2. The highest BCUT2D eigenvalue weighted by Crippen LogP contribution is 2.17. The minimum Gasteiger partial charge on any atom is -0.370 e. The number of hydrogen-bond acceptors (Lipinski definition) is 3. The van der Waals surface area contributed by atoms with E-state index in [-0.39, 0.29) is 24.0 Å². The maximum Gasteiger partial charge on any atom is 0.188 e. The first-order chi connectivity index (χ1) is 9.63. The normalized spacial score (nSPS) is 11.3. The maximum absolute atomic E-state index is 5.86. The lowest BCUT2D eigenvalue weighted by molar-refractivity contribution is 0.601. The smallest absolute Gasteiger partial charge is 0.188 e. The van der Waals surface area contributed by atoms with Gasteiger partial charge in [-0.1, -0.05) is 39.0 Å². The Balaban J connectivity index is 0.00000400. The number of aromatic nitrogens is 1. The number of nitrogens with zero attached hydrogens (tertiary/aromatic N) is 2. The van der Waals surface area contributed by atoms with Crippen LogP contribution < -0.4 is 11.1 Å². The standard InChI is InChI=1S/C15H28N4S.HI/c1-4-5-6-7-8-9-10-17-15(16)18-11-14-12(2)19-13(3)20-14;/h4-11H2,1-3H3,(H3,16,17,18);1H. The van der Waals surface area contributed by atoms with Crippen LogP contribution in [-0.2, 0) is 6.54 Å². The zero-order valence-corrected chi connectivity index (χ0v) is 16.6. The summed E-state index contributed by atoms with van der Waals surface area (Å²) in [6, 6.07) is 0. The number of thiazole rings is 1. The highest BCUT2D eigenvalue weighted by atomic mass is 127. The molecule has 0 amide bonds. The van der Waals surface area contributed by atoms with Crippen LogP contribution in [0.5, 0.6) is 0 Å². The second-order valence-electron chi connectivity index (χ2n) is 5.14. The number of nitrogens with one attached hydrogen (secondary N) is 1. The molecule has 0 bridgehead atoms. The van der Waals surface area contributed by atoms with Crippen LogP contribution in [-0.4, -0.2) is 17.5 Å². The van der Waals surface area contributed by atoms with E-state index in [4.69, 9.17) is 5.73 Å². The summed E-state index contributed by atoms with van der Waals surface area (Å²) in [5.41, 5.74) is 6.93. The summed E-state index contributed by atoms with van der Waals surface area (Å²) in [5, 5.41) is 4.27. The molecule has 1 heterocycles. The fraction of sp³-hybridized carbons (Fsp3) is 0.733. The lowest BCUT2D eigenvalue weighted by Gasteiger charge is -2.05. The maximum atomic E-state index is 5.86. The van der Waals surface area contributed by atoms with Gasteiger partial charge in [0.15, 0.2) is 5.96 Å². The zero-order valence-electron chi connectivity index (χ0n) is 13.4. The Morgan fingerprint density at radius 2 is 1.86 bits per heavy atom. The Morgan fingerprint density at radius 1 is 1.19 bits per heavy atom. The average Bonchev–Trinajstić information content (AvgIpc) is 2.73. The van der Waals surface area contributed by atoms with Crippen molar-refractivity contribution < 1.29 is 0 Å². The van der Waals surface area contributed by atoms with Crippen molar-refractivity contribution in [3.63, 3.8) is 0 Å². The van der Waals surface area contributed by atoms with Crippen molar-refractivity contribution in [1.82, 2.24) is 10.3 Å². The number of halogens is 1. The molecule has 0 unspecified atom stereocenters. The van der Waals surface area contributed by atoms with Gasteiger partial charge in [0, 0.05) is 11.4 Å². The highest BCUT2D eigenvalue weighted by molar-refractivity contribution is 14.0. The summed E-state index contributed by atoms with van der Waals surface area (Å²) in [5.74, 6) is 0.545. The fourth-order valence-electron chi connectivity index (χ4n) is 2.05. The molecule has 21 heavy (non-hydrogen) atoms. The lowest BCUT2D eigenvalue weighted by atomic mass is 10.1. The molecule has 1 aromatic heterocycles. The van der Waals surface area contributed by atoms with Crippen molar-refractivity contribution in [3.8, 4) is 0 Å². The molecule has 0 saturated carbocycles. The Labute approximate surface area is 150 Å². The summed E-state index contributed by atoms with van der Waals surface area (Å²) in [4.78, 5) is 9.96. The highest BCUT2D eigenvalue weighted by Gasteiger charge is 2.03. The quantitative estimate of drug-likeness (QED) is 0.271. The molecule has 0 spiro atoms. The molecule has 122 valence electrons. The van der Waals surface area contributed by atoms with E-state index < -0.39 is 0 Å². The molecule has 1 aromatic rings. The third-order valence-corrected chi connectivity index (χ3v) is 4.29.